The Hall–Kier alpha value is -2.30. The number of anilines is 2. The Kier molecular flexibility index (Phi) is 3.53. The quantitative estimate of drug-likeness (QED) is 0.826. The largest absolute Gasteiger partial charge is 0.399 e. The van der Waals surface area contributed by atoms with Gasteiger partial charge in [0.25, 0.3) is 5.91 Å². The number of aromatic nitrogens is 2. The summed E-state index contributed by atoms with van der Waals surface area (Å²) in [4.78, 5) is 12.2. The lowest BCUT2D eigenvalue weighted by atomic mass is 10.1. The Morgan fingerprint density at radius 2 is 1.85 bits per heavy atom. The second-order valence-corrected chi connectivity index (χ2v) is 5.83. The van der Waals surface area contributed by atoms with E-state index in [1.54, 1.807) is 24.3 Å². The number of carbonyl (C=O) groups excluding carboxylic acids is 1. The summed E-state index contributed by atoms with van der Waals surface area (Å²) in [5, 5.41) is 7.32. The van der Waals surface area contributed by atoms with E-state index in [0.717, 1.165) is 5.69 Å². The van der Waals surface area contributed by atoms with E-state index in [1.807, 2.05) is 38.4 Å². The molecule has 0 unspecified atom stereocenters. The predicted molar refractivity (Wildman–Crippen MR) is 80.8 cm³/mol. The Morgan fingerprint density at radius 3 is 2.40 bits per heavy atom. The van der Waals surface area contributed by atoms with Crippen molar-refractivity contribution >= 4 is 17.4 Å². The number of nitrogens with one attached hydrogen (secondary N) is 1. The SMILES string of the molecule is Cc1cc(NC(=O)c2ccc(N)cc2)n(C(C)(C)C)n1. The molecular weight excluding hydrogens is 252 g/mol. The summed E-state index contributed by atoms with van der Waals surface area (Å²) in [5.74, 6) is 0.521. The van der Waals surface area contributed by atoms with E-state index in [2.05, 4.69) is 10.4 Å². The molecule has 0 saturated carbocycles. The molecule has 1 heterocycles. The highest BCUT2D eigenvalue weighted by molar-refractivity contribution is 6.04. The van der Waals surface area contributed by atoms with Crippen molar-refractivity contribution in [2.75, 3.05) is 11.1 Å². The number of benzene rings is 1. The van der Waals surface area contributed by atoms with Crippen molar-refractivity contribution in [1.29, 1.82) is 0 Å². The second-order valence-electron chi connectivity index (χ2n) is 5.83. The van der Waals surface area contributed by atoms with Gasteiger partial charge in [0, 0.05) is 17.3 Å². The molecule has 1 aromatic carbocycles. The van der Waals surface area contributed by atoms with E-state index in [4.69, 9.17) is 5.73 Å². The minimum Gasteiger partial charge on any atom is -0.399 e. The third-order valence-electron chi connectivity index (χ3n) is 2.88. The van der Waals surface area contributed by atoms with Gasteiger partial charge in [0.05, 0.1) is 11.2 Å². The first-order chi connectivity index (χ1) is 9.27. The van der Waals surface area contributed by atoms with Crippen LogP contribution in [0.5, 0.6) is 0 Å². The van der Waals surface area contributed by atoms with Crippen LogP contribution in [0.1, 0.15) is 36.8 Å². The van der Waals surface area contributed by atoms with Crippen LogP contribution in [0.2, 0.25) is 0 Å². The smallest absolute Gasteiger partial charge is 0.256 e. The predicted octanol–water partition coefficient (Wildman–Crippen LogP) is 2.78. The summed E-state index contributed by atoms with van der Waals surface area (Å²) in [6.45, 7) is 8.02. The van der Waals surface area contributed by atoms with Crippen molar-refractivity contribution in [3.8, 4) is 0 Å². The molecule has 0 spiro atoms. The average molecular weight is 272 g/mol. The minimum absolute atomic E-state index is 0.171. The summed E-state index contributed by atoms with van der Waals surface area (Å²) < 4.78 is 1.82. The van der Waals surface area contributed by atoms with E-state index in [0.29, 0.717) is 17.1 Å². The molecular formula is C15H20N4O. The molecule has 5 nitrogen and oxygen atoms in total. The fraction of sp³-hybridized carbons (Fsp3) is 0.333. The van der Waals surface area contributed by atoms with Crippen LogP contribution in [0.15, 0.2) is 30.3 Å². The van der Waals surface area contributed by atoms with E-state index in [9.17, 15) is 4.79 Å². The molecule has 0 aliphatic rings. The maximum absolute atomic E-state index is 12.2. The molecule has 0 radical (unpaired) electrons. The van der Waals surface area contributed by atoms with Gasteiger partial charge in [-0.15, -0.1) is 0 Å². The molecule has 2 rings (SSSR count). The lowest BCUT2D eigenvalue weighted by Crippen LogP contribution is -2.26. The highest BCUT2D eigenvalue weighted by atomic mass is 16.1. The van der Waals surface area contributed by atoms with Crippen LogP contribution in [0.4, 0.5) is 11.5 Å². The van der Waals surface area contributed by atoms with Crippen LogP contribution < -0.4 is 11.1 Å². The molecule has 20 heavy (non-hydrogen) atoms. The summed E-state index contributed by atoms with van der Waals surface area (Å²) >= 11 is 0. The molecule has 3 N–H and O–H groups in total. The van der Waals surface area contributed by atoms with Crippen molar-refractivity contribution in [3.63, 3.8) is 0 Å². The van der Waals surface area contributed by atoms with Gasteiger partial charge >= 0.3 is 0 Å². The number of rotatable bonds is 2. The Labute approximate surface area is 118 Å². The molecule has 0 saturated heterocycles. The lowest BCUT2D eigenvalue weighted by molar-refractivity contribution is 0.102. The average Bonchev–Trinajstić information content (AvgIpc) is 2.71. The van der Waals surface area contributed by atoms with Gasteiger partial charge in [0.15, 0.2) is 0 Å². The number of hydrogen-bond acceptors (Lipinski definition) is 3. The number of nitrogen functional groups attached to an aromatic ring is 1. The molecule has 106 valence electrons. The number of carbonyl (C=O) groups is 1. The zero-order chi connectivity index (χ0) is 14.9. The minimum atomic E-state index is -0.196. The number of amides is 1. The summed E-state index contributed by atoms with van der Waals surface area (Å²) in [6, 6.07) is 8.69. The first kappa shape index (κ1) is 14.1. The van der Waals surface area contributed by atoms with Gasteiger partial charge in [-0.25, -0.2) is 4.68 Å². The van der Waals surface area contributed by atoms with Gasteiger partial charge < -0.3 is 11.1 Å². The van der Waals surface area contributed by atoms with Crippen molar-refractivity contribution in [2.45, 2.75) is 33.2 Å². The van der Waals surface area contributed by atoms with E-state index in [-0.39, 0.29) is 11.4 Å². The molecule has 5 heteroatoms. The summed E-state index contributed by atoms with van der Waals surface area (Å²) in [7, 11) is 0. The van der Waals surface area contributed by atoms with Gasteiger partial charge in [-0.05, 0) is 52.0 Å². The van der Waals surface area contributed by atoms with E-state index in [1.165, 1.54) is 0 Å². The zero-order valence-corrected chi connectivity index (χ0v) is 12.3. The molecule has 0 aliphatic heterocycles. The van der Waals surface area contributed by atoms with Crippen LogP contribution >= 0.6 is 0 Å². The molecule has 1 aromatic heterocycles. The topological polar surface area (TPSA) is 72.9 Å². The van der Waals surface area contributed by atoms with E-state index >= 15 is 0 Å². The number of aryl methyl sites for hydroxylation is 1. The van der Waals surface area contributed by atoms with Crippen LogP contribution in [0, 0.1) is 6.92 Å². The Morgan fingerprint density at radius 1 is 1.25 bits per heavy atom. The van der Waals surface area contributed by atoms with Crippen LogP contribution in [0.3, 0.4) is 0 Å². The maximum Gasteiger partial charge on any atom is 0.256 e. The fourth-order valence-electron chi connectivity index (χ4n) is 1.92. The normalized spacial score (nSPS) is 11.4. The van der Waals surface area contributed by atoms with Gasteiger partial charge in [0.2, 0.25) is 0 Å². The third-order valence-corrected chi connectivity index (χ3v) is 2.88. The number of nitrogens with zero attached hydrogens (tertiary/aromatic N) is 2. The van der Waals surface area contributed by atoms with Crippen molar-refractivity contribution < 1.29 is 4.79 Å². The van der Waals surface area contributed by atoms with Gasteiger partial charge in [0.1, 0.15) is 5.82 Å². The molecule has 0 atom stereocenters. The highest BCUT2D eigenvalue weighted by Gasteiger charge is 2.20. The van der Waals surface area contributed by atoms with Crippen LogP contribution in [0.25, 0.3) is 0 Å². The van der Waals surface area contributed by atoms with Gasteiger partial charge in [-0.3, -0.25) is 4.79 Å². The lowest BCUT2D eigenvalue weighted by Gasteiger charge is -2.22. The van der Waals surface area contributed by atoms with Crippen molar-refractivity contribution in [2.24, 2.45) is 0 Å². The molecule has 0 bridgehead atoms. The standard InChI is InChI=1S/C15H20N4O/c1-10-9-13(19(18-10)15(2,3)4)17-14(20)11-5-7-12(16)8-6-11/h5-9H,16H2,1-4H3,(H,17,20). The Bertz CT molecular complexity index is 620. The highest BCUT2D eigenvalue weighted by Crippen LogP contribution is 2.21. The summed E-state index contributed by atoms with van der Waals surface area (Å²) in [5.41, 5.74) is 7.49. The molecule has 0 fully saturated rings. The van der Waals surface area contributed by atoms with Crippen molar-refractivity contribution in [1.82, 2.24) is 9.78 Å². The monoisotopic (exact) mass is 272 g/mol. The maximum atomic E-state index is 12.2. The molecule has 2 aromatic rings. The zero-order valence-electron chi connectivity index (χ0n) is 12.3. The van der Waals surface area contributed by atoms with Crippen LogP contribution in [-0.4, -0.2) is 15.7 Å². The Balaban J connectivity index is 2.26. The second kappa shape index (κ2) is 5.00. The van der Waals surface area contributed by atoms with Crippen molar-refractivity contribution in [3.05, 3.63) is 41.6 Å². The first-order valence-corrected chi connectivity index (χ1v) is 6.51. The fourth-order valence-corrected chi connectivity index (χ4v) is 1.92. The third kappa shape index (κ3) is 2.99. The van der Waals surface area contributed by atoms with Gasteiger partial charge in [-0.1, -0.05) is 0 Å². The van der Waals surface area contributed by atoms with Crippen LogP contribution in [-0.2, 0) is 5.54 Å². The van der Waals surface area contributed by atoms with E-state index < -0.39 is 0 Å². The molecule has 0 aliphatic carbocycles. The first-order valence-electron chi connectivity index (χ1n) is 6.51. The van der Waals surface area contributed by atoms with Gasteiger partial charge in [-0.2, -0.15) is 5.10 Å². The molecule has 1 amide bonds. The number of nitrogens with two attached hydrogens (primary N) is 1. The summed E-state index contributed by atoms with van der Waals surface area (Å²) in [6.07, 6.45) is 0. The number of hydrogen-bond donors (Lipinski definition) is 2.